The van der Waals surface area contributed by atoms with Crippen LogP contribution in [0.1, 0.15) is 23.1 Å². The number of aliphatic carboxylic acids is 1. The lowest BCUT2D eigenvalue weighted by atomic mass is 10.1. The molecule has 0 aliphatic rings. The molecule has 1 N–H and O–H groups in total. The van der Waals surface area contributed by atoms with Crippen LogP contribution in [0.25, 0.3) is 0 Å². The second-order valence-electron chi connectivity index (χ2n) is 5.82. The van der Waals surface area contributed by atoms with Crippen LogP contribution in [0.2, 0.25) is 0 Å². The van der Waals surface area contributed by atoms with Gasteiger partial charge >= 0.3 is 5.97 Å². The summed E-state index contributed by atoms with van der Waals surface area (Å²) in [6.07, 6.45) is -0.265. The molecule has 0 radical (unpaired) electrons. The van der Waals surface area contributed by atoms with Crippen LogP contribution in [0.15, 0.2) is 47.4 Å². The number of nitrogens with zero attached hydrogens (tertiary/aromatic N) is 1. The molecule has 0 bridgehead atoms. The Labute approximate surface area is 142 Å². The van der Waals surface area contributed by atoms with Gasteiger partial charge in [-0.1, -0.05) is 29.8 Å². The molecule has 2 rings (SSSR count). The van der Waals surface area contributed by atoms with Crippen molar-refractivity contribution in [3.8, 4) is 0 Å². The summed E-state index contributed by atoms with van der Waals surface area (Å²) in [4.78, 5) is 11.1. The Morgan fingerprint density at radius 1 is 1.00 bits per heavy atom. The summed E-state index contributed by atoms with van der Waals surface area (Å²) in [6.45, 7) is 5.45. The van der Waals surface area contributed by atoms with Crippen molar-refractivity contribution in [3.63, 3.8) is 0 Å². The Morgan fingerprint density at radius 3 is 2.17 bits per heavy atom. The molecular weight excluding hydrogens is 326 g/mol. The average Bonchev–Trinajstić information content (AvgIpc) is 2.50. The molecule has 0 fully saturated rings. The molecule has 0 aliphatic heterocycles. The fourth-order valence-electron chi connectivity index (χ4n) is 2.39. The lowest BCUT2D eigenvalue weighted by Crippen LogP contribution is -2.33. The molecular formula is C18H21NO4S. The molecule has 0 aliphatic carbocycles. The zero-order valence-electron chi connectivity index (χ0n) is 14.0. The third-order valence-corrected chi connectivity index (χ3v) is 5.60. The SMILES string of the molecule is Cc1ccc(S(=O)(=O)N(CCC(=O)O)c2cc(C)ccc2C)cc1. The van der Waals surface area contributed by atoms with Gasteiger partial charge < -0.3 is 5.11 Å². The van der Waals surface area contributed by atoms with E-state index in [4.69, 9.17) is 5.11 Å². The number of rotatable bonds is 6. The molecule has 0 heterocycles. The highest BCUT2D eigenvalue weighted by molar-refractivity contribution is 7.92. The Morgan fingerprint density at radius 2 is 1.58 bits per heavy atom. The van der Waals surface area contributed by atoms with Gasteiger partial charge in [-0.2, -0.15) is 0 Å². The van der Waals surface area contributed by atoms with Crippen molar-refractivity contribution >= 4 is 21.7 Å². The van der Waals surface area contributed by atoms with Gasteiger partial charge in [-0.25, -0.2) is 8.42 Å². The van der Waals surface area contributed by atoms with Crippen molar-refractivity contribution in [3.05, 3.63) is 59.2 Å². The standard InChI is InChI=1S/C18H21NO4S/c1-13-5-8-16(9-6-13)24(22,23)19(11-10-18(20)21)17-12-14(2)4-7-15(17)3/h4-9,12H,10-11H2,1-3H3,(H,20,21). The predicted octanol–water partition coefficient (Wildman–Crippen LogP) is 3.28. The van der Waals surface area contributed by atoms with Crippen LogP contribution >= 0.6 is 0 Å². The summed E-state index contributed by atoms with van der Waals surface area (Å²) in [6, 6.07) is 12.0. The zero-order valence-corrected chi connectivity index (χ0v) is 14.8. The lowest BCUT2D eigenvalue weighted by Gasteiger charge is -2.26. The maximum Gasteiger partial charge on any atom is 0.305 e. The van der Waals surface area contributed by atoms with Crippen LogP contribution in [0, 0.1) is 20.8 Å². The number of carboxylic acids is 1. The van der Waals surface area contributed by atoms with Gasteiger partial charge in [0.15, 0.2) is 0 Å². The van der Waals surface area contributed by atoms with E-state index in [-0.39, 0.29) is 17.9 Å². The molecule has 0 saturated carbocycles. The Balaban J connectivity index is 2.54. The van der Waals surface area contributed by atoms with Crippen molar-refractivity contribution in [1.29, 1.82) is 0 Å². The molecule has 2 aromatic carbocycles. The summed E-state index contributed by atoms with van der Waals surface area (Å²) in [5, 5.41) is 8.98. The van der Waals surface area contributed by atoms with Crippen molar-refractivity contribution in [2.24, 2.45) is 0 Å². The van der Waals surface area contributed by atoms with E-state index in [0.717, 1.165) is 16.7 Å². The highest BCUT2D eigenvalue weighted by Gasteiger charge is 2.26. The monoisotopic (exact) mass is 347 g/mol. The molecule has 24 heavy (non-hydrogen) atoms. The second-order valence-corrected chi connectivity index (χ2v) is 7.69. The van der Waals surface area contributed by atoms with Crippen molar-refractivity contribution in [1.82, 2.24) is 0 Å². The van der Waals surface area contributed by atoms with Gasteiger partial charge in [0.25, 0.3) is 10.0 Å². The summed E-state index contributed by atoms with van der Waals surface area (Å²) in [5.41, 5.74) is 3.16. The summed E-state index contributed by atoms with van der Waals surface area (Å²) < 4.78 is 27.3. The molecule has 0 aromatic heterocycles. The fraction of sp³-hybridized carbons (Fsp3) is 0.278. The predicted molar refractivity (Wildman–Crippen MR) is 93.9 cm³/mol. The normalized spacial score (nSPS) is 11.3. The van der Waals surface area contributed by atoms with Crippen LogP contribution < -0.4 is 4.31 Å². The van der Waals surface area contributed by atoms with Gasteiger partial charge in [-0.15, -0.1) is 0 Å². The number of carboxylic acid groups (broad SMARTS) is 1. The number of benzene rings is 2. The Kier molecular flexibility index (Phi) is 5.29. The van der Waals surface area contributed by atoms with Gasteiger partial charge in [-0.05, 0) is 50.1 Å². The molecule has 2 aromatic rings. The highest BCUT2D eigenvalue weighted by atomic mass is 32.2. The molecule has 0 spiro atoms. The van der Waals surface area contributed by atoms with E-state index in [2.05, 4.69) is 0 Å². The number of hydrogen-bond donors (Lipinski definition) is 1. The first-order valence-corrected chi connectivity index (χ1v) is 9.04. The Bertz CT molecular complexity index is 842. The van der Waals surface area contributed by atoms with E-state index < -0.39 is 16.0 Å². The second kappa shape index (κ2) is 7.05. The zero-order chi connectivity index (χ0) is 17.9. The minimum atomic E-state index is -3.84. The number of aryl methyl sites for hydroxylation is 3. The van der Waals surface area contributed by atoms with Crippen molar-refractivity contribution in [2.45, 2.75) is 32.1 Å². The van der Waals surface area contributed by atoms with E-state index in [1.54, 1.807) is 30.3 Å². The minimum absolute atomic E-state index is 0.115. The minimum Gasteiger partial charge on any atom is -0.481 e. The summed E-state index contributed by atoms with van der Waals surface area (Å²) >= 11 is 0. The van der Waals surface area contributed by atoms with Crippen LogP contribution in [0.3, 0.4) is 0 Å². The van der Waals surface area contributed by atoms with E-state index in [0.29, 0.717) is 5.69 Å². The third kappa shape index (κ3) is 3.94. The number of carbonyl (C=O) groups is 1. The molecule has 6 heteroatoms. The van der Waals surface area contributed by atoms with Gasteiger partial charge in [0, 0.05) is 6.54 Å². The smallest absolute Gasteiger partial charge is 0.305 e. The third-order valence-electron chi connectivity index (χ3n) is 3.77. The lowest BCUT2D eigenvalue weighted by molar-refractivity contribution is -0.136. The topological polar surface area (TPSA) is 74.7 Å². The van der Waals surface area contributed by atoms with Crippen LogP contribution in [-0.4, -0.2) is 26.0 Å². The summed E-state index contributed by atoms with van der Waals surface area (Å²) in [7, 11) is -3.84. The van der Waals surface area contributed by atoms with Crippen molar-refractivity contribution in [2.75, 3.05) is 10.8 Å². The average molecular weight is 347 g/mol. The van der Waals surface area contributed by atoms with Crippen LogP contribution in [0.5, 0.6) is 0 Å². The molecule has 0 atom stereocenters. The largest absolute Gasteiger partial charge is 0.481 e. The Hall–Kier alpha value is -2.34. The summed E-state index contributed by atoms with van der Waals surface area (Å²) in [5.74, 6) is -1.04. The maximum absolute atomic E-state index is 13.1. The first-order valence-electron chi connectivity index (χ1n) is 7.60. The molecule has 0 unspecified atom stereocenters. The van der Waals surface area contributed by atoms with Gasteiger partial charge in [0.05, 0.1) is 17.0 Å². The quantitative estimate of drug-likeness (QED) is 0.870. The van der Waals surface area contributed by atoms with Gasteiger partial charge in [0.2, 0.25) is 0 Å². The van der Waals surface area contributed by atoms with E-state index in [1.807, 2.05) is 32.9 Å². The first kappa shape index (κ1) is 18.0. The van der Waals surface area contributed by atoms with E-state index in [9.17, 15) is 13.2 Å². The highest BCUT2D eigenvalue weighted by Crippen LogP contribution is 2.28. The fourth-order valence-corrected chi connectivity index (χ4v) is 3.91. The molecule has 128 valence electrons. The number of anilines is 1. The molecule has 0 amide bonds. The van der Waals surface area contributed by atoms with Gasteiger partial charge in [-0.3, -0.25) is 9.10 Å². The van der Waals surface area contributed by atoms with Crippen LogP contribution in [-0.2, 0) is 14.8 Å². The van der Waals surface area contributed by atoms with E-state index >= 15 is 0 Å². The number of hydrogen-bond acceptors (Lipinski definition) is 3. The molecule has 0 saturated heterocycles. The maximum atomic E-state index is 13.1. The molecule has 5 nitrogen and oxygen atoms in total. The number of sulfonamides is 1. The van der Waals surface area contributed by atoms with Gasteiger partial charge in [0.1, 0.15) is 0 Å². The first-order chi connectivity index (χ1) is 11.2. The van der Waals surface area contributed by atoms with Crippen LogP contribution in [0.4, 0.5) is 5.69 Å². The van der Waals surface area contributed by atoms with Crippen molar-refractivity contribution < 1.29 is 18.3 Å². The van der Waals surface area contributed by atoms with E-state index in [1.165, 1.54) is 4.31 Å².